The summed E-state index contributed by atoms with van der Waals surface area (Å²) in [6, 6.07) is 67.7. The Kier molecular flexibility index (Phi) is 11.6. The molecule has 1 unspecified atom stereocenters. The Labute approximate surface area is 338 Å². The first-order valence-corrected chi connectivity index (χ1v) is 20.4. The van der Waals surface area contributed by atoms with Gasteiger partial charge >= 0.3 is 7.32 Å². The number of rotatable bonds is 13. The molecule has 0 saturated carbocycles. The summed E-state index contributed by atoms with van der Waals surface area (Å²) in [5, 5.41) is 2.29. The summed E-state index contributed by atoms with van der Waals surface area (Å²) in [6.07, 6.45) is 0.712. The van der Waals surface area contributed by atoms with Gasteiger partial charge in [0.15, 0.2) is 0 Å². The molecule has 0 radical (unpaired) electrons. The van der Waals surface area contributed by atoms with Crippen LogP contribution in [0.15, 0.2) is 194 Å². The van der Waals surface area contributed by atoms with Gasteiger partial charge in [0, 0.05) is 10.9 Å². The van der Waals surface area contributed by atoms with Crippen LogP contribution in [-0.2, 0) is 6.42 Å². The first kappa shape index (κ1) is 37.6. The normalized spacial score (nSPS) is 11.1. The van der Waals surface area contributed by atoms with E-state index in [-0.39, 0.29) is 8.58 Å². The first-order valence-electron chi connectivity index (χ1n) is 19.4. The molecule has 0 amide bonds. The van der Waals surface area contributed by atoms with Crippen LogP contribution in [0.3, 0.4) is 0 Å². The molecular weight excluding hydrogens is 714 g/mol. The summed E-state index contributed by atoms with van der Waals surface area (Å²) in [4.78, 5) is 0. The molecule has 278 valence electrons. The van der Waals surface area contributed by atoms with Crippen molar-refractivity contribution in [2.75, 3.05) is 0 Å². The van der Waals surface area contributed by atoms with Gasteiger partial charge in [-0.25, -0.2) is 0 Å². The third-order valence-electron chi connectivity index (χ3n) is 10.0. The fourth-order valence-corrected chi connectivity index (χ4v) is 8.46. The third-order valence-corrected chi connectivity index (χ3v) is 11.4. The zero-order chi connectivity index (χ0) is 39.0. The topological polar surface area (TPSA) is 27.7 Å². The number of hydrogen-bond donors (Lipinski definition) is 0. The summed E-state index contributed by atoms with van der Waals surface area (Å²) in [5.74, 6) is 2.02. The Hall–Kier alpha value is -6.35. The molecule has 8 aromatic carbocycles. The van der Waals surface area contributed by atoms with Gasteiger partial charge in [-0.1, -0.05) is 195 Å². The van der Waals surface area contributed by atoms with Crippen molar-refractivity contribution in [2.24, 2.45) is 0 Å². The average Bonchev–Trinajstić information content (AvgIpc) is 3.25. The lowest BCUT2D eigenvalue weighted by atomic mass is 9.82. The summed E-state index contributed by atoms with van der Waals surface area (Å²) in [7, 11) is -0.888. The fraction of sp³-hybridized carbons (Fsp3) is 0.0769. The van der Waals surface area contributed by atoms with Crippen LogP contribution in [0.25, 0.3) is 33.4 Å². The van der Waals surface area contributed by atoms with Crippen molar-refractivity contribution in [1.82, 2.24) is 0 Å². The summed E-state index contributed by atoms with van der Waals surface area (Å²) >= 11 is 0. The SMILES string of the molecule is Cc1ccc(OB(Oc2ccc(C)cc2)Oc2c(Pc3ccc(C)cc3)c(-c3ccccc3)c(Cc3ccccc3)c(-c3ccccc3)c2-c2ccccc2)cc1. The molecule has 57 heavy (non-hydrogen) atoms. The van der Waals surface area contributed by atoms with Crippen LogP contribution in [0.1, 0.15) is 27.8 Å². The molecule has 5 heteroatoms. The van der Waals surface area contributed by atoms with Crippen LogP contribution in [-0.4, -0.2) is 7.32 Å². The van der Waals surface area contributed by atoms with Gasteiger partial charge in [0.25, 0.3) is 0 Å². The van der Waals surface area contributed by atoms with Gasteiger partial charge in [-0.05, 0) is 95.7 Å². The Bertz CT molecular complexity index is 2480. The van der Waals surface area contributed by atoms with E-state index in [1.54, 1.807) is 0 Å². The van der Waals surface area contributed by atoms with Crippen LogP contribution >= 0.6 is 8.58 Å². The fourth-order valence-electron chi connectivity index (χ4n) is 7.13. The van der Waals surface area contributed by atoms with E-state index in [1.807, 2.05) is 48.5 Å². The molecule has 0 aliphatic rings. The van der Waals surface area contributed by atoms with Gasteiger partial charge in [-0.3, -0.25) is 0 Å². The molecule has 0 N–H and O–H groups in total. The minimum atomic E-state index is -1.13. The van der Waals surface area contributed by atoms with Crippen LogP contribution in [0.2, 0.25) is 0 Å². The zero-order valence-corrected chi connectivity index (χ0v) is 33.5. The van der Waals surface area contributed by atoms with E-state index in [9.17, 15) is 0 Å². The molecule has 0 fully saturated rings. The van der Waals surface area contributed by atoms with Gasteiger partial charge in [0.2, 0.25) is 0 Å². The summed E-state index contributed by atoms with van der Waals surface area (Å²) in [6.45, 7) is 6.27. The second-order valence-corrected chi connectivity index (χ2v) is 15.7. The van der Waals surface area contributed by atoms with E-state index in [0.29, 0.717) is 17.9 Å². The smallest absolute Gasteiger partial charge is 0.490 e. The first-order chi connectivity index (χ1) is 28.0. The highest BCUT2D eigenvalue weighted by Gasteiger charge is 2.36. The molecule has 0 bridgehead atoms. The van der Waals surface area contributed by atoms with E-state index in [1.165, 1.54) is 22.0 Å². The number of aryl methyl sites for hydroxylation is 3. The maximum atomic E-state index is 7.39. The van der Waals surface area contributed by atoms with Crippen molar-refractivity contribution in [3.8, 4) is 50.6 Å². The second kappa shape index (κ2) is 17.6. The van der Waals surface area contributed by atoms with Crippen LogP contribution in [0.5, 0.6) is 17.2 Å². The molecule has 0 aliphatic heterocycles. The highest BCUT2D eigenvalue weighted by atomic mass is 31.1. The largest absolute Gasteiger partial charge is 0.864 e. The molecule has 0 heterocycles. The molecular formula is C52H44BO3P. The van der Waals surface area contributed by atoms with Crippen molar-refractivity contribution in [3.05, 3.63) is 222 Å². The predicted octanol–water partition coefficient (Wildman–Crippen LogP) is 12.4. The van der Waals surface area contributed by atoms with Gasteiger partial charge in [0.05, 0.1) is 0 Å². The lowest BCUT2D eigenvalue weighted by Crippen LogP contribution is -2.38. The van der Waals surface area contributed by atoms with Crippen molar-refractivity contribution >= 4 is 26.5 Å². The van der Waals surface area contributed by atoms with Crippen molar-refractivity contribution < 1.29 is 14.0 Å². The molecule has 0 aromatic heterocycles. The predicted molar refractivity (Wildman–Crippen MR) is 241 cm³/mol. The van der Waals surface area contributed by atoms with Crippen molar-refractivity contribution in [2.45, 2.75) is 27.2 Å². The molecule has 0 aliphatic carbocycles. The second-order valence-electron chi connectivity index (χ2n) is 14.3. The van der Waals surface area contributed by atoms with Crippen LogP contribution in [0, 0.1) is 20.8 Å². The van der Waals surface area contributed by atoms with E-state index in [2.05, 4.69) is 166 Å². The van der Waals surface area contributed by atoms with Gasteiger partial charge in [0.1, 0.15) is 17.2 Å². The summed E-state index contributed by atoms with van der Waals surface area (Å²) < 4.78 is 20.8. The van der Waals surface area contributed by atoms with E-state index >= 15 is 0 Å². The Balaban J connectivity index is 1.47. The van der Waals surface area contributed by atoms with E-state index in [4.69, 9.17) is 14.0 Å². The van der Waals surface area contributed by atoms with E-state index < -0.39 is 7.32 Å². The molecule has 8 rings (SSSR count). The molecule has 0 saturated heterocycles. The van der Waals surface area contributed by atoms with Gasteiger partial charge < -0.3 is 14.0 Å². The van der Waals surface area contributed by atoms with Crippen LogP contribution in [0.4, 0.5) is 0 Å². The summed E-state index contributed by atoms with van der Waals surface area (Å²) in [5.41, 5.74) is 12.5. The van der Waals surface area contributed by atoms with E-state index in [0.717, 1.165) is 55.6 Å². The molecule has 1 atom stereocenters. The standard InChI is InChI=1S/C52H44BO3P/c1-37-24-30-44(31-25-37)54-53(55-45-32-26-38(2)27-33-45)56-51-50(43-22-14-7-15-23-43)48(41-18-10-5-11-19-41)47(36-40-16-8-4-9-17-40)49(42-20-12-6-13-21-42)52(51)57-46-34-28-39(3)29-35-46/h4-35,57H,36H2,1-3H3. The highest BCUT2D eigenvalue weighted by Crippen LogP contribution is 2.48. The lowest BCUT2D eigenvalue weighted by molar-refractivity contribution is 0.309. The minimum Gasteiger partial charge on any atom is -0.490 e. The molecule has 8 aromatic rings. The third kappa shape index (κ3) is 9.05. The van der Waals surface area contributed by atoms with Gasteiger partial charge in [-0.2, -0.15) is 0 Å². The van der Waals surface area contributed by atoms with Crippen molar-refractivity contribution in [3.63, 3.8) is 0 Å². The minimum absolute atomic E-state index is 0.245. The molecule has 0 spiro atoms. The quantitative estimate of drug-likeness (QED) is 0.0866. The Morgan fingerprint density at radius 2 is 0.807 bits per heavy atom. The van der Waals surface area contributed by atoms with Crippen molar-refractivity contribution in [1.29, 1.82) is 0 Å². The Morgan fingerprint density at radius 3 is 1.28 bits per heavy atom. The maximum Gasteiger partial charge on any atom is 0.864 e. The highest BCUT2D eigenvalue weighted by molar-refractivity contribution is 7.56. The van der Waals surface area contributed by atoms with Gasteiger partial charge in [-0.15, -0.1) is 0 Å². The van der Waals surface area contributed by atoms with Crippen LogP contribution < -0.4 is 24.6 Å². The monoisotopic (exact) mass is 758 g/mol. The average molecular weight is 759 g/mol. The number of hydrogen-bond acceptors (Lipinski definition) is 3. The number of benzene rings is 8. The molecule has 3 nitrogen and oxygen atoms in total. The Morgan fingerprint density at radius 1 is 0.404 bits per heavy atom. The maximum absolute atomic E-state index is 7.39. The lowest BCUT2D eigenvalue weighted by Gasteiger charge is -2.29. The zero-order valence-electron chi connectivity index (χ0n) is 32.5.